The minimum atomic E-state index is -3.71. The number of ether oxygens (including phenoxy) is 2. The first kappa shape index (κ1) is 18.3. The van der Waals surface area contributed by atoms with Gasteiger partial charge in [0, 0.05) is 6.54 Å². The summed E-state index contributed by atoms with van der Waals surface area (Å²) in [6, 6.07) is 1.28. The maximum atomic E-state index is 12.1. The molecule has 0 saturated heterocycles. The predicted molar refractivity (Wildman–Crippen MR) is 84.2 cm³/mol. The first-order chi connectivity index (χ1) is 9.77. The number of esters is 1. The lowest BCUT2D eigenvalue weighted by molar-refractivity contribution is 0.0606. The van der Waals surface area contributed by atoms with Crippen molar-refractivity contribution in [1.82, 2.24) is 4.72 Å². The van der Waals surface area contributed by atoms with Gasteiger partial charge in [0.15, 0.2) is 0 Å². The Bertz CT molecular complexity index is 624. The highest BCUT2D eigenvalue weighted by atomic mass is 79.9. The largest absolute Gasteiger partial charge is 0.465 e. The summed E-state index contributed by atoms with van der Waals surface area (Å²) in [6.45, 7) is 6.25. The zero-order valence-electron chi connectivity index (χ0n) is 11.6. The Balaban J connectivity index is 2.68. The smallest absolute Gasteiger partial charge is 0.348 e. The van der Waals surface area contributed by atoms with E-state index in [0.717, 1.165) is 16.9 Å². The molecule has 6 nitrogen and oxygen atoms in total. The van der Waals surface area contributed by atoms with Crippen molar-refractivity contribution in [2.24, 2.45) is 0 Å². The number of carbonyl (C=O) groups excluding carboxylic acids is 1. The van der Waals surface area contributed by atoms with Gasteiger partial charge in [-0.05, 0) is 28.9 Å². The summed E-state index contributed by atoms with van der Waals surface area (Å²) in [5.74, 6) is -0.577. The van der Waals surface area contributed by atoms with E-state index >= 15 is 0 Å². The molecule has 1 aromatic rings. The Morgan fingerprint density at radius 3 is 2.76 bits per heavy atom. The van der Waals surface area contributed by atoms with Crippen molar-refractivity contribution in [2.45, 2.75) is 11.8 Å². The Morgan fingerprint density at radius 2 is 2.19 bits per heavy atom. The van der Waals surface area contributed by atoms with E-state index in [1.165, 1.54) is 13.2 Å². The summed E-state index contributed by atoms with van der Waals surface area (Å²) in [5, 5.41) is 0. The van der Waals surface area contributed by atoms with Crippen LogP contribution in [0.1, 0.15) is 16.6 Å². The predicted octanol–water partition coefficient (Wildman–Crippen LogP) is 2.17. The summed E-state index contributed by atoms with van der Waals surface area (Å²) in [5.41, 5.74) is 0.862. The van der Waals surface area contributed by atoms with Crippen LogP contribution in [0.5, 0.6) is 0 Å². The molecule has 1 N–H and O–H groups in total. The van der Waals surface area contributed by atoms with E-state index in [2.05, 4.69) is 32.0 Å². The molecule has 0 aliphatic heterocycles. The molecule has 0 unspecified atom stereocenters. The van der Waals surface area contributed by atoms with Crippen LogP contribution in [-0.4, -0.2) is 41.3 Å². The molecular weight excluding hydrogens is 382 g/mol. The van der Waals surface area contributed by atoms with E-state index in [-0.39, 0.29) is 22.9 Å². The highest BCUT2D eigenvalue weighted by molar-refractivity contribution is 9.11. The molecule has 0 spiro atoms. The fraction of sp³-hybridized carbons (Fsp3) is 0.417. The summed E-state index contributed by atoms with van der Waals surface area (Å²) in [4.78, 5) is 11.6. The average molecular weight is 398 g/mol. The molecular formula is C12H16BrNO5S2. The van der Waals surface area contributed by atoms with Crippen LogP contribution >= 0.6 is 27.3 Å². The molecule has 0 aliphatic rings. The standard InChI is InChI=1S/C12H16BrNO5S2/c1-8(2)7-19-5-4-14-21(16,17)10-6-9(12(15)18-3)20-11(10)13/h6,14H,1,4-5,7H2,2-3H3. The molecule has 0 aromatic carbocycles. The molecule has 9 heteroatoms. The number of sulfonamides is 1. The van der Waals surface area contributed by atoms with Crippen LogP contribution in [0.3, 0.4) is 0 Å². The van der Waals surface area contributed by atoms with Gasteiger partial charge in [0.2, 0.25) is 10.0 Å². The van der Waals surface area contributed by atoms with Gasteiger partial charge in [0.05, 0.1) is 24.1 Å². The lowest BCUT2D eigenvalue weighted by Gasteiger charge is -2.06. The van der Waals surface area contributed by atoms with Gasteiger partial charge in [-0.3, -0.25) is 0 Å². The quantitative estimate of drug-likeness (QED) is 0.412. The van der Waals surface area contributed by atoms with Crippen molar-refractivity contribution < 1.29 is 22.7 Å². The van der Waals surface area contributed by atoms with Crippen LogP contribution in [0.4, 0.5) is 0 Å². The van der Waals surface area contributed by atoms with E-state index in [0.29, 0.717) is 10.4 Å². The third kappa shape index (κ3) is 5.51. The maximum Gasteiger partial charge on any atom is 0.348 e. The first-order valence-electron chi connectivity index (χ1n) is 5.87. The summed E-state index contributed by atoms with van der Waals surface area (Å²) < 4.78 is 36.7. The number of rotatable bonds is 8. The van der Waals surface area contributed by atoms with Crippen LogP contribution in [0.25, 0.3) is 0 Å². The number of nitrogens with one attached hydrogen (secondary N) is 1. The maximum absolute atomic E-state index is 12.1. The molecule has 0 bridgehead atoms. The van der Waals surface area contributed by atoms with Crippen LogP contribution < -0.4 is 4.72 Å². The van der Waals surface area contributed by atoms with Gasteiger partial charge in [-0.1, -0.05) is 12.2 Å². The number of halogens is 1. The molecule has 0 aliphatic carbocycles. The van der Waals surface area contributed by atoms with Gasteiger partial charge >= 0.3 is 5.97 Å². The van der Waals surface area contributed by atoms with Crippen molar-refractivity contribution in [2.75, 3.05) is 26.9 Å². The van der Waals surface area contributed by atoms with Crippen LogP contribution in [0, 0.1) is 0 Å². The van der Waals surface area contributed by atoms with E-state index in [1.807, 2.05) is 6.92 Å². The minimum Gasteiger partial charge on any atom is -0.465 e. The molecule has 1 aromatic heterocycles. The zero-order chi connectivity index (χ0) is 16.0. The molecule has 1 heterocycles. The fourth-order valence-electron chi connectivity index (χ4n) is 1.31. The van der Waals surface area contributed by atoms with Gasteiger partial charge in [-0.15, -0.1) is 11.3 Å². The van der Waals surface area contributed by atoms with Crippen LogP contribution in [0.15, 0.2) is 26.9 Å². The first-order valence-corrected chi connectivity index (χ1v) is 8.96. The van der Waals surface area contributed by atoms with Crippen molar-refractivity contribution in [3.8, 4) is 0 Å². The monoisotopic (exact) mass is 397 g/mol. The van der Waals surface area contributed by atoms with Crippen molar-refractivity contribution in [3.63, 3.8) is 0 Å². The fourth-order valence-corrected chi connectivity index (χ4v) is 4.80. The number of hydrogen-bond donors (Lipinski definition) is 1. The summed E-state index contributed by atoms with van der Waals surface area (Å²) in [6.07, 6.45) is 0. The molecule has 0 fully saturated rings. The second kappa shape index (κ2) is 8.04. The summed E-state index contributed by atoms with van der Waals surface area (Å²) >= 11 is 4.14. The second-order valence-electron chi connectivity index (χ2n) is 4.15. The van der Waals surface area contributed by atoms with Gasteiger partial charge in [0.1, 0.15) is 9.77 Å². The van der Waals surface area contributed by atoms with Gasteiger partial charge < -0.3 is 9.47 Å². The topological polar surface area (TPSA) is 81.7 Å². The van der Waals surface area contributed by atoms with Gasteiger partial charge in [0.25, 0.3) is 0 Å². The number of methoxy groups -OCH3 is 1. The van der Waals surface area contributed by atoms with Crippen LogP contribution in [0.2, 0.25) is 0 Å². The second-order valence-corrected chi connectivity index (χ2v) is 8.25. The third-order valence-corrected chi connectivity index (χ3v) is 5.91. The van der Waals surface area contributed by atoms with E-state index in [4.69, 9.17) is 4.74 Å². The lowest BCUT2D eigenvalue weighted by atomic mass is 10.4. The number of thiophene rings is 1. The Hall–Kier alpha value is -0.740. The highest BCUT2D eigenvalue weighted by Gasteiger charge is 2.23. The number of hydrogen-bond acceptors (Lipinski definition) is 6. The molecule has 0 radical (unpaired) electrons. The zero-order valence-corrected chi connectivity index (χ0v) is 14.9. The number of carbonyl (C=O) groups is 1. The van der Waals surface area contributed by atoms with Crippen LogP contribution in [-0.2, 0) is 19.5 Å². The highest BCUT2D eigenvalue weighted by Crippen LogP contribution is 2.31. The Morgan fingerprint density at radius 1 is 1.52 bits per heavy atom. The molecule has 0 saturated carbocycles. The van der Waals surface area contributed by atoms with Crippen molar-refractivity contribution in [1.29, 1.82) is 0 Å². The SMILES string of the molecule is C=C(C)COCCNS(=O)(=O)c1cc(C(=O)OC)sc1Br. The van der Waals surface area contributed by atoms with E-state index < -0.39 is 16.0 Å². The van der Waals surface area contributed by atoms with Gasteiger partial charge in [-0.2, -0.15) is 0 Å². The van der Waals surface area contributed by atoms with E-state index in [1.54, 1.807) is 0 Å². The molecule has 1 rings (SSSR count). The van der Waals surface area contributed by atoms with Gasteiger partial charge in [-0.25, -0.2) is 17.9 Å². The lowest BCUT2D eigenvalue weighted by Crippen LogP contribution is -2.27. The van der Waals surface area contributed by atoms with Crippen molar-refractivity contribution >= 4 is 43.3 Å². The molecule has 21 heavy (non-hydrogen) atoms. The van der Waals surface area contributed by atoms with Crippen molar-refractivity contribution in [3.05, 3.63) is 26.9 Å². The Kier molecular flexibility index (Phi) is 7.01. The average Bonchev–Trinajstić information content (AvgIpc) is 2.80. The van der Waals surface area contributed by atoms with E-state index in [9.17, 15) is 13.2 Å². The Labute approximate surface area is 136 Å². The molecule has 118 valence electrons. The normalized spacial score (nSPS) is 11.4. The molecule has 0 atom stereocenters. The third-order valence-electron chi connectivity index (χ3n) is 2.22. The summed E-state index contributed by atoms with van der Waals surface area (Å²) in [7, 11) is -2.47. The minimum absolute atomic E-state index is 0.00722. The molecule has 0 amide bonds.